The van der Waals surface area contributed by atoms with Crippen LogP contribution in [-0.4, -0.2) is 58.2 Å². The molecule has 2 aliphatic heterocycles. The van der Waals surface area contributed by atoms with E-state index in [9.17, 15) is 19.1 Å². The Bertz CT molecular complexity index is 1330. The third-order valence-corrected chi connectivity index (χ3v) is 8.34. The van der Waals surface area contributed by atoms with Gasteiger partial charge in [-0.05, 0) is 76.4 Å². The summed E-state index contributed by atoms with van der Waals surface area (Å²) in [6.07, 6.45) is 1.33. The van der Waals surface area contributed by atoms with Crippen LogP contribution in [0, 0.1) is 5.82 Å². The molecule has 2 aromatic carbocycles. The summed E-state index contributed by atoms with van der Waals surface area (Å²) in [5, 5.41) is 14.4. The minimum atomic E-state index is -1.57. The first-order valence-corrected chi connectivity index (χ1v) is 13.5. The van der Waals surface area contributed by atoms with Crippen molar-refractivity contribution in [2.24, 2.45) is 10.7 Å². The van der Waals surface area contributed by atoms with Gasteiger partial charge < -0.3 is 25.6 Å². The molecule has 4 rings (SSSR count). The number of carbonyl (C=O) groups is 2. The molecule has 0 bridgehead atoms. The summed E-state index contributed by atoms with van der Waals surface area (Å²) >= 11 is 0. The van der Waals surface area contributed by atoms with Crippen LogP contribution in [-0.2, 0) is 9.53 Å². The van der Waals surface area contributed by atoms with E-state index >= 15 is 0 Å². The van der Waals surface area contributed by atoms with Crippen LogP contribution < -0.4 is 15.8 Å². The van der Waals surface area contributed by atoms with Gasteiger partial charge in [-0.3, -0.25) is 14.5 Å². The third kappa shape index (κ3) is 5.42. The van der Waals surface area contributed by atoms with Crippen molar-refractivity contribution < 1.29 is 28.6 Å². The van der Waals surface area contributed by atoms with E-state index in [1.165, 1.54) is 23.1 Å². The van der Waals surface area contributed by atoms with Crippen LogP contribution in [0.1, 0.15) is 87.4 Å². The van der Waals surface area contributed by atoms with E-state index < -0.39 is 40.5 Å². The average molecular weight is 555 g/mol. The van der Waals surface area contributed by atoms with Crippen molar-refractivity contribution in [1.29, 1.82) is 0 Å². The second-order valence-corrected chi connectivity index (χ2v) is 11.5. The molecule has 0 saturated carbocycles. The lowest BCUT2D eigenvalue weighted by molar-refractivity contribution is -0.137. The van der Waals surface area contributed by atoms with Gasteiger partial charge in [-0.15, -0.1) is 0 Å². The maximum absolute atomic E-state index is 14.2. The molecule has 0 aliphatic carbocycles. The molecule has 9 nitrogen and oxygen atoms in total. The Labute approximate surface area is 234 Å². The molecule has 2 amide bonds. The van der Waals surface area contributed by atoms with Gasteiger partial charge in [0.1, 0.15) is 22.8 Å². The molecule has 40 heavy (non-hydrogen) atoms. The first-order valence-electron chi connectivity index (χ1n) is 13.5. The van der Waals surface area contributed by atoms with E-state index in [1.807, 2.05) is 19.9 Å². The monoisotopic (exact) mass is 554 g/mol. The normalized spacial score (nSPS) is 26.4. The number of amides is 2. The molecule has 0 aromatic heterocycles. The summed E-state index contributed by atoms with van der Waals surface area (Å²) < 4.78 is 25.5. The number of hydrogen-bond donors (Lipinski definition) is 3. The Morgan fingerprint density at radius 2 is 2.00 bits per heavy atom. The molecule has 4 N–H and O–H groups in total. The molecule has 2 heterocycles. The van der Waals surface area contributed by atoms with Crippen LogP contribution in [0.5, 0.6) is 5.75 Å². The van der Waals surface area contributed by atoms with E-state index in [0.29, 0.717) is 41.9 Å². The summed E-state index contributed by atoms with van der Waals surface area (Å²) in [5.41, 5.74) is 4.44. The van der Waals surface area contributed by atoms with Gasteiger partial charge in [-0.2, -0.15) is 0 Å². The number of aliphatic imine (C=N–C) groups is 1. The fourth-order valence-corrected chi connectivity index (χ4v) is 5.31. The number of nitrogens with two attached hydrogens (primary N) is 1. The van der Waals surface area contributed by atoms with Crippen LogP contribution >= 0.6 is 0 Å². The number of methoxy groups -OCH3 is 1. The van der Waals surface area contributed by atoms with Gasteiger partial charge in [-0.1, -0.05) is 19.1 Å². The standard InChI is InChI=1S/C30H39FN4O5/c1-7-29(4)17-24(36)35(27(32)34-29)22(13-14-39-6)18-9-8-10-19(15-18)26(37)33-25-21-16-20(31)11-12-23(21)40-28(2,3)30(25,5)38/h8-12,15-16,22,25,38H,7,13-14,17H2,1-6H3,(H2,32,34)(H,33,37)/t22?,25?,29-,30?/m1/s1. The number of nitrogens with one attached hydrogen (secondary N) is 1. The Balaban J connectivity index is 1.68. The van der Waals surface area contributed by atoms with Gasteiger partial charge in [0.25, 0.3) is 5.91 Å². The lowest BCUT2D eigenvalue weighted by atomic mass is 9.75. The van der Waals surface area contributed by atoms with Crippen LogP contribution in [0.2, 0.25) is 0 Å². The topological polar surface area (TPSA) is 126 Å². The molecule has 3 unspecified atom stereocenters. The molecule has 4 atom stereocenters. The summed E-state index contributed by atoms with van der Waals surface area (Å²) in [4.78, 5) is 33.0. The van der Waals surface area contributed by atoms with Crippen molar-refractivity contribution >= 4 is 17.8 Å². The lowest BCUT2D eigenvalue weighted by Gasteiger charge is -2.49. The highest BCUT2D eigenvalue weighted by Gasteiger charge is 2.53. The van der Waals surface area contributed by atoms with Gasteiger partial charge in [0.2, 0.25) is 5.91 Å². The van der Waals surface area contributed by atoms with Crippen LogP contribution in [0.4, 0.5) is 4.39 Å². The largest absolute Gasteiger partial charge is 0.484 e. The maximum atomic E-state index is 14.2. The molecule has 0 saturated heterocycles. The van der Waals surface area contributed by atoms with Crippen LogP contribution in [0.15, 0.2) is 47.5 Å². The van der Waals surface area contributed by atoms with Gasteiger partial charge in [-0.25, -0.2) is 9.38 Å². The zero-order valence-corrected chi connectivity index (χ0v) is 24.0. The van der Waals surface area contributed by atoms with Crippen molar-refractivity contribution in [2.45, 2.75) is 82.7 Å². The lowest BCUT2D eigenvalue weighted by Crippen LogP contribution is -2.62. The van der Waals surface area contributed by atoms with Crippen molar-refractivity contribution in [3.63, 3.8) is 0 Å². The first-order chi connectivity index (χ1) is 18.7. The molecular weight excluding hydrogens is 515 g/mol. The number of carbonyl (C=O) groups excluding carboxylic acids is 2. The van der Waals surface area contributed by atoms with E-state index in [-0.39, 0.29) is 18.3 Å². The number of guanidine groups is 1. The SMILES string of the molecule is CC[C@]1(C)CC(=O)N(C(CCOC)c2cccc(C(=O)NC3c4cc(F)ccc4OC(C)(C)C3(C)O)c2)C(N)=N1. The smallest absolute Gasteiger partial charge is 0.251 e. The van der Waals surface area contributed by atoms with E-state index in [0.717, 1.165) is 0 Å². The van der Waals surface area contributed by atoms with Crippen molar-refractivity contribution in [2.75, 3.05) is 13.7 Å². The van der Waals surface area contributed by atoms with E-state index in [2.05, 4.69) is 10.3 Å². The number of nitrogens with zero attached hydrogens (tertiary/aromatic N) is 2. The van der Waals surface area contributed by atoms with Gasteiger partial charge in [0, 0.05) is 24.8 Å². The number of halogens is 1. The van der Waals surface area contributed by atoms with Crippen molar-refractivity contribution in [3.05, 3.63) is 65.0 Å². The van der Waals surface area contributed by atoms with E-state index in [4.69, 9.17) is 15.2 Å². The van der Waals surface area contributed by atoms with Crippen molar-refractivity contribution in [1.82, 2.24) is 10.2 Å². The highest BCUT2D eigenvalue weighted by atomic mass is 19.1. The Morgan fingerprint density at radius 3 is 2.65 bits per heavy atom. The zero-order valence-electron chi connectivity index (χ0n) is 24.0. The molecule has 0 fully saturated rings. The molecule has 2 aliphatic rings. The molecular formula is C30H39FN4O5. The molecule has 10 heteroatoms. The Hall–Kier alpha value is -3.50. The highest BCUT2D eigenvalue weighted by Crippen LogP contribution is 2.46. The minimum absolute atomic E-state index is 0.135. The molecule has 0 spiro atoms. The predicted octanol–water partition coefficient (Wildman–Crippen LogP) is 4.01. The second-order valence-electron chi connectivity index (χ2n) is 11.5. The predicted molar refractivity (Wildman–Crippen MR) is 149 cm³/mol. The fraction of sp³-hybridized carbons (Fsp3) is 0.500. The first kappa shape index (κ1) is 29.5. The third-order valence-electron chi connectivity index (χ3n) is 8.34. The van der Waals surface area contributed by atoms with Gasteiger partial charge in [0.15, 0.2) is 5.96 Å². The van der Waals surface area contributed by atoms with Crippen LogP contribution in [0.3, 0.4) is 0 Å². The van der Waals surface area contributed by atoms with Gasteiger partial charge in [0.05, 0.1) is 24.0 Å². The number of benzene rings is 2. The van der Waals surface area contributed by atoms with Crippen LogP contribution in [0.25, 0.3) is 0 Å². The average Bonchev–Trinajstić information content (AvgIpc) is 2.88. The molecule has 216 valence electrons. The molecule has 0 radical (unpaired) electrons. The summed E-state index contributed by atoms with van der Waals surface area (Å²) in [6.45, 7) is 9.20. The number of fused-ring (bicyclic) bond motifs is 1. The summed E-state index contributed by atoms with van der Waals surface area (Å²) in [6, 6.07) is 9.44. The summed E-state index contributed by atoms with van der Waals surface area (Å²) in [7, 11) is 1.58. The maximum Gasteiger partial charge on any atom is 0.251 e. The Morgan fingerprint density at radius 1 is 1.27 bits per heavy atom. The minimum Gasteiger partial charge on any atom is -0.484 e. The zero-order chi connectivity index (χ0) is 29.5. The highest BCUT2D eigenvalue weighted by molar-refractivity contribution is 5.99. The number of hydrogen-bond acceptors (Lipinski definition) is 7. The Kier molecular flexibility index (Phi) is 7.97. The summed E-state index contributed by atoms with van der Waals surface area (Å²) in [5.74, 6) is -0.614. The number of ether oxygens (including phenoxy) is 2. The molecule has 2 aromatic rings. The number of aliphatic hydroxyl groups is 1. The number of rotatable bonds is 8. The second kappa shape index (κ2) is 10.8. The quantitative estimate of drug-likeness (QED) is 0.453. The van der Waals surface area contributed by atoms with E-state index in [1.54, 1.807) is 46.1 Å². The fourth-order valence-electron chi connectivity index (χ4n) is 5.31. The van der Waals surface area contributed by atoms with Crippen molar-refractivity contribution in [3.8, 4) is 5.75 Å². The van der Waals surface area contributed by atoms with Gasteiger partial charge >= 0.3 is 0 Å².